The van der Waals surface area contributed by atoms with E-state index in [0.717, 1.165) is 23.9 Å². The molecule has 18 heavy (non-hydrogen) atoms. The van der Waals surface area contributed by atoms with Crippen molar-refractivity contribution in [3.63, 3.8) is 0 Å². The molecular formula is C13H16BrFN2O. The molecule has 1 amide bonds. The van der Waals surface area contributed by atoms with Crippen molar-refractivity contribution in [2.45, 2.75) is 25.3 Å². The van der Waals surface area contributed by atoms with Crippen molar-refractivity contribution < 1.29 is 9.18 Å². The molecule has 2 rings (SSSR count). The second-order valence-electron chi connectivity index (χ2n) is 4.65. The molecule has 1 atom stereocenters. The Labute approximate surface area is 114 Å². The highest BCUT2D eigenvalue weighted by molar-refractivity contribution is 9.10. The lowest BCUT2D eigenvalue weighted by molar-refractivity contribution is -0.131. The van der Waals surface area contributed by atoms with Crippen molar-refractivity contribution in [3.8, 4) is 0 Å². The number of carbonyl (C=O) groups excluding carboxylic acids is 1. The Balaban J connectivity index is 2.04. The predicted molar refractivity (Wildman–Crippen MR) is 71.6 cm³/mol. The zero-order chi connectivity index (χ0) is 13.1. The van der Waals surface area contributed by atoms with E-state index in [0.29, 0.717) is 12.1 Å². The molecule has 0 aromatic heterocycles. The minimum Gasteiger partial charge on any atom is -0.341 e. The fourth-order valence-electron chi connectivity index (χ4n) is 2.19. The minimum absolute atomic E-state index is 0.0106. The number of nitrogens with two attached hydrogens (primary N) is 1. The number of hydrogen-bond donors (Lipinski definition) is 1. The molecule has 5 heteroatoms. The summed E-state index contributed by atoms with van der Waals surface area (Å²) in [6.07, 6.45) is 2.12. The van der Waals surface area contributed by atoms with Gasteiger partial charge in [-0.05, 0) is 36.6 Å². The van der Waals surface area contributed by atoms with Crippen molar-refractivity contribution >= 4 is 21.8 Å². The van der Waals surface area contributed by atoms with Crippen LogP contribution in [0.2, 0.25) is 0 Å². The van der Waals surface area contributed by atoms with Crippen LogP contribution in [0.1, 0.15) is 18.4 Å². The first-order chi connectivity index (χ1) is 8.56. The van der Waals surface area contributed by atoms with Gasteiger partial charge in [-0.3, -0.25) is 4.79 Å². The second kappa shape index (κ2) is 5.80. The van der Waals surface area contributed by atoms with E-state index in [2.05, 4.69) is 15.9 Å². The van der Waals surface area contributed by atoms with Crippen molar-refractivity contribution in [1.82, 2.24) is 4.90 Å². The summed E-state index contributed by atoms with van der Waals surface area (Å²) < 4.78 is 13.9. The van der Waals surface area contributed by atoms with Gasteiger partial charge in [-0.15, -0.1) is 0 Å². The third-order valence-corrected chi connectivity index (χ3v) is 3.93. The first kappa shape index (κ1) is 13.5. The first-order valence-electron chi connectivity index (χ1n) is 6.03. The van der Waals surface area contributed by atoms with Gasteiger partial charge in [-0.2, -0.15) is 0 Å². The molecule has 98 valence electrons. The van der Waals surface area contributed by atoms with E-state index in [1.54, 1.807) is 11.0 Å². The van der Waals surface area contributed by atoms with E-state index in [1.165, 1.54) is 12.1 Å². The van der Waals surface area contributed by atoms with Gasteiger partial charge in [0.2, 0.25) is 5.91 Å². The third kappa shape index (κ3) is 3.29. The molecule has 1 aliphatic rings. The fraction of sp³-hybridized carbons (Fsp3) is 0.462. The summed E-state index contributed by atoms with van der Waals surface area (Å²) in [5.41, 5.74) is 6.53. The van der Waals surface area contributed by atoms with Crippen LogP contribution in [-0.2, 0) is 11.2 Å². The minimum atomic E-state index is -0.323. The number of carbonyl (C=O) groups is 1. The molecule has 0 spiro atoms. The normalized spacial score (nSPS) is 19.9. The van der Waals surface area contributed by atoms with Gasteiger partial charge < -0.3 is 10.6 Å². The van der Waals surface area contributed by atoms with E-state index >= 15 is 0 Å². The molecule has 2 N–H and O–H groups in total. The van der Waals surface area contributed by atoms with Crippen LogP contribution in [0.25, 0.3) is 0 Å². The first-order valence-corrected chi connectivity index (χ1v) is 6.83. The molecule has 1 aliphatic heterocycles. The molecule has 1 fully saturated rings. The van der Waals surface area contributed by atoms with Crippen LogP contribution in [0, 0.1) is 5.82 Å². The molecule has 0 radical (unpaired) electrons. The Kier molecular flexibility index (Phi) is 4.35. The van der Waals surface area contributed by atoms with Gasteiger partial charge in [0.25, 0.3) is 0 Å². The maximum atomic E-state index is 13.1. The van der Waals surface area contributed by atoms with Gasteiger partial charge in [0.1, 0.15) is 5.82 Å². The van der Waals surface area contributed by atoms with Gasteiger partial charge in [0.05, 0.1) is 6.42 Å². The average molecular weight is 315 g/mol. The van der Waals surface area contributed by atoms with Crippen LogP contribution in [0.3, 0.4) is 0 Å². The highest BCUT2D eigenvalue weighted by atomic mass is 79.9. The van der Waals surface area contributed by atoms with Crippen LogP contribution >= 0.6 is 15.9 Å². The molecule has 3 nitrogen and oxygen atoms in total. The van der Waals surface area contributed by atoms with Gasteiger partial charge in [-0.1, -0.05) is 15.9 Å². The Morgan fingerprint density at radius 1 is 1.56 bits per heavy atom. The summed E-state index contributed by atoms with van der Waals surface area (Å²) in [6.45, 7) is 1.35. The molecule has 1 unspecified atom stereocenters. The summed E-state index contributed by atoms with van der Waals surface area (Å²) >= 11 is 3.33. The van der Waals surface area contributed by atoms with Gasteiger partial charge in [0, 0.05) is 23.6 Å². The second-order valence-corrected chi connectivity index (χ2v) is 5.51. The zero-order valence-corrected chi connectivity index (χ0v) is 11.6. The van der Waals surface area contributed by atoms with Gasteiger partial charge >= 0.3 is 0 Å². The number of piperidine rings is 1. The summed E-state index contributed by atoms with van der Waals surface area (Å²) in [6, 6.07) is 4.46. The maximum absolute atomic E-state index is 13.1. The Bertz CT molecular complexity index is 453. The fourth-order valence-corrected chi connectivity index (χ4v) is 2.58. The monoisotopic (exact) mass is 314 g/mol. The van der Waals surface area contributed by atoms with Crippen LogP contribution < -0.4 is 5.73 Å². The van der Waals surface area contributed by atoms with Crippen LogP contribution in [0.4, 0.5) is 4.39 Å². The number of benzene rings is 1. The summed E-state index contributed by atoms with van der Waals surface area (Å²) in [5, 5.41) is 0. The summed E-state index contributed by atoms with van der Waals surface area (Å²) in [4.78, 5) is 13.9. The number of hydrogen-bond acceptors (Lipinski definition) is 2. The van der Waals surface area contributed by atoms with Crippen molar-refractivity contribution in [1.29, 1.82) is 0 Å². The SMILES string of the molecule is NC1CCCN(C(=O)Cc2cc(F)ccc2Br)C1. The molecule has 1 saturated heterocycles. The molecule has 0 saturated carbocycles. The van der Waals surface area contributed by atoms with Crippen molar-refractivity contribution in [3.05, 3.63) is 34.1 Å². The lowest BCUT2D eigenvalue weighted by atomic mass is 10.1. The number of nitrogens with zero attached hydrogens (tertiary/aromatic N) is 1. The van der Waals surface area contributed by atoms with Crippen LogP contribution in [0.5, 0.6) is 0 Å². The Morgan fingerprint density at radius 3 is 3.06 bits per heavy atom. The van der Waals surface area contributed by atoms with Gasteiger partial charge in [0.15, 0.2) is 0 Å². The van der Waals surface area contributed by atoms with E-state index < -0.39 is 0 Å². The molecule has 1 aromatic rings. The van der Waals surface area contributed by atoms with E-state index in [4.69, 9.17) is 5.73 Å². The molecular weight excluding hydrogens is 299 g/mol. The lowest BCUT2D eigenvalue weighted by Gasteiger charge is -2.31. The molecule has 0 bridgehead atoms. The van der Waals surface area contributed by atoms with Gasteiger partial charge in [-0.25, -0.2) is 4.39 Å². The highest BCUT2D eigenvalue weighted by Crippen LogP contribution is 2.20. The standard InChI is InChI=1S/C13H16BrFN2O/c14-12-4-3-10(15)6-9(12)7-13(18)17-5-1-2-11(16)8-17/h3-4,6,11H,1-2,5,7-8,16H2. The highest BCUT2D eigenvalue weighted by Gasteiger charge is 2.21. The van der Waals surface area contributed by atoms with E-state index in [1.807, 2.05) is 0 Å². The maximum Gasteiger partial charge on any atom is 0.227 e. The van der Waals surface area contributed by atoms with Crippen LogP contribution in [0.15, 0.2) is 22.7 Å². The number of amides is 1. The topological polar surface area (TPSA) is 46.3 Å². The average Bonchev–Trinajstić information content (AvgIpc) is 2.34. The smallest absolute Gasteiger partial charge is 0.227 e. The summed E-state index contributed by atoms with van der Waals surface area (Å²) in [5.74, 6) is -0.312. The Hall–Kier alpha value is -0.940. The number of rotatable bonds is 2. The number of likely N-dealkylation sites (tertiary alicyclic amines) is 1. The lowest BCUT2D eigenvalue weighted by Crippen LogP contribution is -2.46. The molecule has 1 aromatic carbocycles. The van der Waals surface area contributed by atoms with Crippen molar-refractivity contribution in [2.75, 3.05) is 13.1 Å². The Morgan fingerprint density at radius 2 is 2.33 bits per heavy atom. The van der Waals surface area contributed by atoms with Crippen LogP contribution in [-0.4, -0.2) is 29.9 Å². The molecule has 1 heterocycles. The van der Waals surface area contributed by atoms with E-state index in [-0.39, 0.29) is 24.2 Å². The third-order valence-electron chi connectivity index (χ3n) is 3.16. The quantitative estimate of drug-likeness (QED) is 0.908. The van der Waals surface area contributed by atoms with E-state index in [9.17, 15) is 9.18 Å². The summed E-state index contributed by atoms with van der Waals surface area (Å²) in [7, 11) is 0. The predicted octanol–water partition coefficient (Wildman–Crippen LogP) is 2.08. The van der Waals surface area contributed by atoms with Crippen molar-refractivity contribution in [2.24, 2.45) is 5.73 Å². The zero-order valence-electron chi connectivity index (χ0n) is 10.0. The largest absolute Gasteiger partial charge is 0.341 e. The number of halogens is 2. The molecule has 0 aliphatic carbocycles.